The van der Waals surface area contributed by atoms with Crippen molar-refractivity contribution in [2.24, 2.45) is 4.99 Å². The lowest BCUT2D eigenvalue weighted by molar-refractivity contribution is 0.401. The Morgan fingerprint density at radius 2 is 2.00 bits per heavy atom. The van der Waals surface area contributed by atoms with Crippen molar-refractivity contribution in [3.63, 3.8) is 0 Å². The van der Waals surface area contributed by atoms with Crippen LogP contribution in [0.1, 0.15) is 0 Å². The quantitative estimate of drug-likeness (QED) is 0.712. The number of ether oxygens (including phenoxy) is 1. The van der Waals surface area contributed by atoms with E-state index in [1.807, 2.05) is 36.4 Å². The summed E-state index contributed by atoms with van der Waals surface area (Å²) in [5.74, 6) is 0. The van der Waals surface area contributed by atoms with E-state index in [4.69, 9.17) is 4.74 Å². The average Bonchev–Trinajstić information content (AvgIpc) is 2.49. The largest absolute Gasteiger partial charge is 0.471 e. The molecule has 92 valence electrons. The first kappa shape index (κ1) is 11.3. The maximum Gasteiger partial charge on any atom is 0.116 e. The Labute approximate surface area is 109 Å². The van der Waals surface area contributed by atoms with Gasteiger partial charge in [0.2, 0.25) is 0 Å². The molecule has 0 aliphatic carbocycles. The smallest absolute Gasteiger partial charge is 0.116 e. The molecule has 0 amide bonds. The molecule has 0 radical (unpaired) electrons. The SMILES string of the molecule is C1=CC=c2cc3ncncc3cc2=NC=COC=C1. The number of hydrogen-bond donors (Lipinski definition) is 0. The first-order valence-electron chi connectivity index (χ1n) is 5.85. The van der Waals surface area contributed by atoms with Crippen LogP contribution in [0.3, 0.4) is 0 Å². The van der Waals surface area contributed by atoms with Crippen molar-refractivity contribution in [2.75, 3.05) is 0 Å². The number of fused-ring (bicyclic) bond motifs is 2. The van der Waals surface area contributed by atoms with Gasteiger partial charge in [-0.2, -0.15) is 0 Å². The van der Waals surface area contributed by atoms with E-state index in [9.17, 15) is 0 Å². The van der Waals surface area contributed by atoms with Crippen LogP contribution in [-0.4, -0.2) is 9.97 Å². The fourth-order valence-electron chi connectivity index (χ4n) is 1.78. The summed E-state index contributed by atoms with van der Waals surface area (Å²) in [5.41, 5.74) is 0.902. The third kappa shape index (κ3) is 2.57. The van der Waals surface area contributed by atoms with Crippen molar-refractivity contribution < 1.29 is 4.74 Å². The van der Waals surface area contributed by atoms with Crippen LogP contribution < -0.4 is 10.6 Å². The van der Waals surface area contributed by atoms with Crippen LogP contribution in [0.4, 0.5) is 0 Å². The van der Waals surface area contributed by atoms with E-state index < -0.39 is 0 Å². The van der Waals surface area contributed by atoms with Crippen molar-refractivity contribution in [1.82, 2.24) is 9.97 Å². The Morgan fingerprint density at radius 3 is 3.00 bits per heavy atom. The van der Waals surface area contributed by atoms with Crippen LogP contribution in [0.15, 0.2) is 66.6 Å². The lowest BCUT2D eigenvalue weighted by atomic mass is 10.2. The Morgan fingerprint density at radius 1 is 1.00 bits per heavy atom. The topological polar surface area (TPSA) is 47.4 Å². The summed E-state index contributed by atoms with van der Waals surface area (Å²) in [6.45, 7) is 0. The normalized spacial score (nSPS) is 13.9. The lowest BCUT2D eigenvalue weighted by Crippen LogP contribution is -2.24. The second-order valence-electron chi connectivity index (χ2n) is 3.92. The van der Waals surface area contributed by atoms with Crippen molar-refractivity contribution in [2.45, 2.75) is 0 Å². The minimum atomic E-state index is 0.855. The molecule has 0 spiro atoms. The molecule has 4 nitrogen and oxygen atoms in total. The number of benzene rings is 1. The number of hydrogen-bond acceptors (Lipinski definition) is 4. The Kier molecular flexibility index (Phi) is 3.14. The highest BCUT2D eigenvalue weighted by Gasteiger charge is 1.95. The molecule has 4 heteroatoms. The summed E-state index contributed by atoms with van der Waals surface area (Å²) in [7, 11) is 0. The Hall–Kier alpha value is -2.75. The molecule has 2 aromatic rings. The molecule has 1 aromatic heterocycles. The van der Waals surface area contributed by atoms with Gasteiger partial charge >= 0.3 is 0 Å². The third-order valence-corrected chi connectivity index (χ3v) is 2.66. The summed E-state index contributed by atoms with van der Waals surface area (Å²) in [4.78, 5) is 12.7. The number of nitrogens with zero attached hydrogens (tertiary/aromatic N) is 3. The maximum atomic E-state index is 5.12. The predicted octanol–water partition coefficient (Wildman–Crippen LogP) is 1.60. The molecule has 3 rings (SSSR count). The van der Waals surface area contributed by atoms with Crippen molar-refractivity contribution in [3.8, 4) is 0 Å². The van der Waals surface area contributed by atoms with Gasteiger partial charge in [-0.15, -0.1) is 0 Å². The van der Waals surface area contributed by atoms with Gasteiger partial charge in [0, 0.05) is 16.8 Å². The molecular weight excluding hydrogens is 238 g/mol. The molecule has 0 fully saturated rings. The highest BCUT2D eigenvalue weighted by molar-refractivity contribution is 5.77. The van der Waals surface area contributed by atoms with Crippen LogP contribution in [0, 0.1) is 0 Å². The molecule has 1 aliphatic heterocycles. The van der Waals surface area contributed by atoms with Crippen LogP contribution in [0.2, 0.25) is 0 Å². The molecule has 0 unspecified atom stereocenters. The monoisotopic (exact) mass is 249 g/mol. The van der Waals surface area contributed by atoms with Crippen LogP contribution >= 0.6 is 0 Å². The summed E-state index contributed by atoms with van der Waals surface area (Å²) in [6.07, 6.45) is 15.7. The van der Waals surface area contributed by atoms with Gasteiger partial charge in [-0.05, 0) is 18.2 Å². The zero-order valence-corrected chi connectivity index (χ0v) is 10.1. The molecular formula is C15H11N3O. The fraction of sp³-hybridized carbons (Fsp3) is 0. The summed E-state index contributed by atoms with van der Waals surface area (Å²) in [5, 5.41) is 2.82. The average molecular weight is 249 g/mol. The van der Waals surface area contributed by atoms with E-state index >= 15 is 0 Å². The van der Waals surface area contributed by atoms with E-state index in [2.05, 4.69) is 15.0 Å². The van der Waals surface area contributed by atoms with Crippen LogP contribution in [0.5, 0.6) is 0 Å². The Balaban J connectivity index is 2.31. The molecule has 1 aliphatic rings. The minimum Gasteiger partial charge on any atom is -0.471 e. The molecule has 0 N–H and O–H groups in total. The van der Waals surface area contributed by atoms with Gasteiger partial charge in [0.25, 0.3) is 0 Å². The van der Waals surface area contributed by atoms with E-state index in [-0.39, 0.29) is 0 Å². The van der Waals surface area contributed by atoms with Crippen LogP contribution in [-0.2, 0) is 4.74 Å². The van der Waals surface area contributed by atoms with E-state index in [1.54, 1.807) is 25.0 Å². The van der Waals surface area contributed by atoms with Gasteiger partial charge < -0.3 is 4.74 Å². The molecule has 1 aromatic carbocycles. The van der Waals surface area contributed by atoms with Gasteiger partial charge in [-0.3, -0.25) is 4.99 Å². The van der Waals surface area contributed by atoms with Gasteiger partial charge in [-0.25, -0.2) is 9.97 Å². The van der Waals surface area contributed by atoms with Crippen molar-refractivity contribution in [1.29, 1.82) is 0 Å². The molecule has 2 heterocycles. The standard InChI is InChI=1S/C15H11N3O/c1-2-4-12-8-15-13(10-16-11-18-15)9-14(12)17-5-7-19-6-3-1/h1-11H. The van der Waals surface area contributed by atoms with Gasteiger partial charge in [0.05, 0.1) is 23.3 Å². The van der Waals surface area contributed by atoms with Crippen molar-refractivity contribution >= 4 is 17.0 Å². The van der Waals surface area contributed by atoms with E-state index in [0.717, 1.165) is 21.5 Å². The first-order valence-corrected chi connectivity index (χ1v) is 5.85. The zero-order valence-electron chi connectivity index (χ0n) is 10.1. The molecule has 0 saturated heterocycles. The minimum absolute atomic E-state index is 0.855. The second kappa shape index (κ2) is 5.27. The number of rotatable bonds is 0. The predicted molar refractivity (Wildman–Crippen MR) is 73.3 cm³/mol. The van der Waals surface area contributed by atoms with E-state index in [1.165, 1.54) is 6.26 Å². The van der Waals surface area contributed by atoms with Crippen LogP contribution in [0.25, 0.3) is 17.0 Å². The number of allylic oxidation sites excluding steroid dienone is 3. The fourth-order valence-corrected chi connectivity index (χ4v) is 1.78. The summed E-state index contributed by atoms with van der Waals surface area (Å²) >= 11 is 0. The van der Waals surface area contributed by atoms with Gasteiger partial charge in [-0.1, -0.05) is 18.2 Å². The molecule has 19 heavy (non-hydrogen) atoms. The maximum absolute atomic E-state index is 5.12. The summed E-state index contributed by atoms with van der Waals surface area (Å²) in [6, 6.07) is 3.96. The summed E-state index contributed by atoms with van der Waals surface area (Å²) < 4.78 is 5.12. The lowest BCUT2D eigenvalue weighted by Gasteiger charge is -1.95. The number of aromatic nitrogens is 2. The zero-order chi connectivity index (χ0) is 12.9. The third-order valence-electron chi connectivity index (χ3n) is 2.66. The van der Waals surface area contributed by atoms with Crippen molar-refractivity contribution in [3.05, 3.63) is 72.2 Å². The van der Waals surface area contributed by atoms with E-state index in [0.29, 0.717) is 0 Å². The van der Waals surface area contributed by atoms with Gasteiger partial charge in [0.15, 0.2) is 0 Å². The second-order valence-corrected chi connectivity index (χ2v) is 3.92. The highest BCUT2D eigenvalue weighted by Crippen LogP contribution is 2.02. The molecule has 0 saturated carbocycles. The highest BCUT2D eigenvalue weighted by atomic mass is 16.5. The first-order chi connectivity index (χ1) is 9.43. The molecule has 0 atom stereocenters. The Bertz CT molecular complexity index is 804. The molecule has 0 bridgehead atoms. The van der Waals surface area contributed by atoms with Gasteiger partial charge in [0.1, 0.15) is 12.6 Å².